The first kappa shape index (κ1) is 17.5. The third-order valence-corrected chi connectivity index (χ3v) is 5.42. The van der Waals surface area contributed by atoms with Crippen LogP contribution >= 0.6 is 0 Å². The molecule has 1 aromatic carbocycles. The van der Waals surface area contributed by atoms with Crippen LogP contribution in [-0.2, 0) is 9.59 Å². The van der Waals surface area contributed by atoms with E-state index >= 15 is 0 Å². The van der Waals surface area contributed by atoms with Crippen molar-refractivity contribution in [1.82, 2.24) is 10.2 Å². The van der Waals surface area contributed by atoms with Crippen molar-refractivity contribution in [3.63, 3.8) is 0 Å². The van der Waals surface area contributed by atoms with Crippen molar-refractivity contribution in [1.29, 1.82) is 0 Å². The summed E-state index contributed by atoms with van der Waals surface area (Å²) in [5.74, 6) is -0.00744. The quantitative estimate of drug-likeness (QED) is 0.825. The van der Waals surface area contributed by atoms with Gasteiger partial charge in [0.2, 0.25) is 5.91 Å². The Morgan fingerprint density at radius 2 is 1.88 bits per heavy atom. The Hall–Kier alpha value is -2.37. The standard InChI is InChI=1S/C19H25N3O3/c1-3-14-8-10-19(11-9-14)17(24)22(18(25)21-19)12-16(23)20-15-6-4-13(2)5-7-15/h4-7,14H,3,8-12H2,1-2H3,(H,20,23)(H,21,25). The molecule has 1 heterocycles. The molecule has 25 heavy (non-hydrogen) atoms. The van der Waals surface area contributed by atoms with Crippen molar-refractivity contribution >= 4 is 23.5 Å². The highest BCUT2D eigenvalue weighted by Gasteiger charge is 2.52. The maximum Gasteiger partial charge on any atom is 0.325 e. The maximum atomic E-state index is 12.8. The fourth-order valence-corrected chi connectivity index (χ4v) is 3.72. The summed E-state index contributed by atoms with van der Waals surface area (Å²) in [5, 5.41) is 5.58. The van der Waals surface area contributed by atoms with E-state index in [-0.39, 0.29) is 18.4 Å². The van der Waals surface area contributed by atoms with Gasteiger partial charge in [-0.15, -0.1) is 0 Å². The van der Waals surface area contributed by atoms with Gasteiger partial charge in [-0.3, -0.25) is 14.5 Å². The molecule has 1 saturated carbocycles. The van der Waals surface area contributed by atoms with Gasteiger partial charge < -0.3 is 10.6 Å². The summed E-state index contributed by atoms with van der Waals surface area (Å²) in [7, 11) is 0. The molecule has 0 radical (unpaired) electrons. The molecule has 2 fully saturated rings. The van der Waals surface area contributed by atoms with Crippen molar-refractivity contribution in [3.8, 4) is 0 Å². The highest BCUT2D eigenvalue weighted by Crippen LogP contribution is 2.37. The second kappa shape index (κ2) is 6.86. The zero-order valence-corrected chi connectivity index (χ0v) is 14.8. The molecule has 0 atom stereocenters. The fourth-order valence-electron chi connectivity index (χ4n) is 3.72. The van der Waals surface area contributed by atoms with E-state index in [1.165, 1.54) is 0 Å². The molecule has 0 unspecified atom stereocenters. The summed E-state index contributed by atoms with van der Waals surface area (Å²) in [6, 6.07) is 6.92. The predicted octanol–water partition coefficient (Wildman–Crippen LogP) is 2.82. The number of imide groups is 1. The minimum absolute atomic E-state index is 0.252. The summed E-state index contributed by atoms with van der Waals surface area (Å²) in [5.41, 5.74) is 0.949. The minimum atomic E-state index is -0.799. The molecule has 2 N–H and O–H groups in total. The largest absolute Gasteiger partial charge is 0.325 e. The number of nitrogens with one attached hydrogen (secondary N) is 2. The maximum absolute atomic E-state index is 12.8. The number of aryl methyl sites for hydroxylation is 1. The third kappa shape index (κ3) is 3.52. The van der Waals surface area contributed by atoms with Crippen LogP contribution in [0.2, 0.25) is 0 Å². The van der Waals surface area contributed by atoms with Gasteiger partial charge in [0.25, 0.3) is 5.91 Å². The number of nitrogens with zero attached hydrogens (tertiary/aromatic N) is 1. The van der Waals surface area contributed by atoms with Crippen molar-refractivity contribution in [2.45, 2.75) is 51.5 Å². The topological polar surface area (TPSA) is 78.5 Å². The van der Waals surface area contributed by atoms with Gasteiger partial charge in [0.15, 0.2) is 0 Å². The van der Waals surface area contributed by atoms with E-state index in [1.54, 1.807) is 12.1 Å². The molecule has 1 saturated heterocycles. The first-order valence-electron chi connectivity index (χ1n) is 8.94. The van der Waals surface area contributed by atoms with Gasteiger partial charge in [-0.05, 0) is 50.7 Å². The molecule has 0 bridgehead atoms. The number of rotatable bonds is 4. The Labute approximate surface area is 148 Å². The number of anilines is 1. The van der Waals surface area contributed by atoms with Gasteiger partial charge in [-0.1, -0.05) is 31.0 Å². The second-order valence-electron chi connectivity index (χ2n) is 7.17. The summed E-state index contributed by atoms with van der Waals surface area (Å²) >= 11 is 0. The van der Waals surface area contributed by atoms with Crippen molar-refractivity contribution < 1.29 is 14.4 Å². The molecule has 4 amide bonds. The molecule has 1 aromatic rings. The summed E-state index contributed by atoms with van der Waals surface area (Å²) in [6.45, 7) is 3.86. The average Bonchev–Trinajstić information content (AvgIpc) is 2.82. The van der Waals surface area contributed by atoms with Gasteiger partial charge >= 0.3 is 6.03 Å². The second-order valence-corrected chi connectivity index (χ2v) is 7.17. The first-order chi connectivity index (χ1) is 11.9. The minimum Gasteiger partial charge on any atom is -0.325 e. The SMILES string of the molecule is CCC1CCC2(CC1)NC(=O)N(CC(=O)Nc1ccc(C)cc1)C2=O. The van der Waals surface area contributed by atoms with Gasteiger partial charge in [-0.25, -0.2) is 4.79 Å². The van der Waals surface area contributed by atoms with Crippen LogP contribution in [0.3, 0.4) is 0 Å². The molecule has 6 heteroatoms. The van der Waals surface area contributed by atoms with Crippen LogP contribution in [0.5, 0.6) is 0 Å². The molecule has 6 nitrogen and oxygen atoms in total. The molecule has 1 spiro atoms. The Balaban J connectivity index is 1.63. The van der Waals surface area contributed by atoms with E-state index in [2.05, 4.69) is 17.6 Å². The molecular formula is C19H25N3O3. The smallest absolute Gasteiger partial charge is 0.325 e. The van der Waals surface area contributed by atoms with Crippen LogP contribution < -0.4 is 10.6 Å². The van der Waals surface area contributed by atoms with Crippen molar-refractivity contribution in [2.75, 3.05) is 11.9 Å². The zero-order valence-electron chi connectivity index (χ0n) is 14.8. The van der Waals surface area contributed by atoms with E-state index in [0.29, 0.717) is 24.4 Å². The molecule has 2 aliphatic rings. The van der Waals surface area contributed by atoms with Gasteiger partial charge in [0.1, 0.15) is 12.1 Å². The lowest BCUT2D eigenvalue weighted by atomic mass is 9.75. The lowest BCUT2D eigenvalue weighted by Gasteiger charge is -2.34. The Morgan fingerprint density at radius 1 is 1.24 bits per heavy atom. The predicted molar refractivity (Wildman–Crippen MR) is 95.0 cm³/mol. The average molecular weight is 343 g/mol. The van der Waals surface area contributed by atoms with Crippen molar-refractivity contribution in [2.24, 2.45) is 5.92 Å². The van der Waals surface area contributed by atoms with Crippen LogP contribution in [0.1, 0.15) is 44.6 Å². The van der Waals surface area contributed by atoms with E-state index in [9.17, 15) is 14.4 Å². The summed E-state index contributed by atoms with van der Waals surface area (Å²) < 4.78 is 0. The van der Waals surface area contributed by atoms with Crippen molar-refractivity contribution in [3.05, 3.63) is 29.8 Å². The molecule has 134 valence electrons. The zero-order chi connectivity index (χ0) is 18.0. The Morgan fingerprint density at radius 3 is 2.48 bits per heavy atom. The van der Waals surface area contributed by atoms with E-state index in [4.69, 9.17) is 0 Å². The molecule has 3 rings (SSSR count). The number of hydrogen-bond acceptors (Lipinski definition) is 3. The normalized spacial score (nSPS) is 26.0. The number of benzene rings is 1. The number of urea groups is 1. The lowest BCUT2D eigenvalue weighted by molar-refractivity contribution is -0.135. The highest BCUT2D eigenvalue weighted by molar-refractivity contribution is 6.10. The van der Waals surface area contributed by atoms with E-state index < -0.39 is 11.6 Å². The monoisotopic (exact) mass is 343 g/mol. The number of carbonyl (C=O) groups is 3. The van der Waals surface area contributed by atoms with Gasteiger partial charge in [0.05, 0.1) is 0 Å². The van der Waals surface area contributed by atoms with Crippen LogP contribution in [0.15, 0.2) is 24.3 Å². The first-order valence-corrected chi connectivity index (χ1v) is 8.94. The number of amides is 4. The molecule has 1 aliphatic carbocycles. The molecule has 0 aromatic heterocycles. The summed E-state index contributed by atoms with van der Waals surface area (Å²) in [6.07, 6.45) is 4.29. The Bertz CT molecular complexity index is 676. The van der Waals surface area contributed by atoms with E-state index in [0.717, 1.165) is 29.7 Å². The van der Waals surface area contributed by atoms with Crippen LogP contribution in [0, 0.1) is 12.8 Å². The lowest BCUT2D eigenvalue weighted by Crippen LogP contribution is -2.49. The third-order valence-electron chi connectivity index (χ3n) is 5.42. The van der Waals surface area contributed by atoms with Crippen LogP contribution in [-0.4, -0.2) is 34.8 Å². The Kier molecular flexibility index (Phi) is 4.79. The number of carbonyl (C=O) groups excluding carboxylic acids is 3. The van der Waals surface area contributed by atoms with Crippen LogP contribution in [0.25, 0.3) is 0 Å². The highest BCUT2D eigenvalue weighted by atomic mass is 16.2. The summed E-state index contributed by atoms with van der Waals surface area (Å²) in [4.78, 5) is 38.3. The van der Waals surface area contributed by atoms with Gasteiger partial charge in [0, 0.05) is 5.69 Å². The van der Waals surface area contributed by atoms with Crippen LogP contribution in [0.4, 0.5) is 10.5 Å². The number of hydrogen-bond donors (Lipinski definition) is 2. The molecular weight excluding hydrogens is 318 g/mol. The molecule has 1 aliphatic heterocycles. The van der Waals surface area contributed by atoms with Gasteiger partial charge in [-0.2, -0.15) is 0 Å². The van der Waals surface area contributed by atoms with E-state index in [1.807, 2.05) is 19.1 Å². The fraction of sp³-hybridized carbons (Fsp3) is 0.526.